The lowest BCUT2D eigenvalue weighted by Crippen LogP contribution is -2.37. The van der Waals surface area contributed by atoms with E-state index in [2.05, 4.69) is 10.2 Å². The Morgan fingerprint density at radius 3 is 2.52 bits per heavy atom. The van der Waals surface area contributed by atoms with Gasteiger partial charge in [-0.1, -0.05) is 18.2 Å². The van der Waals surface area contributed by atoms with E-state index in [1.165, 1.54) is 18.2 Å². The van der Waals surface area contributed by atoms with Crippen molar-refractivity contribution in [3.05, 3.63) is 57.8 Å². The molecule has 1 N–H and O–H groups in total. The van der Waals surface area contributed by atoms with Gasteiger partial charge < -0.3 is 5.32 Å². The maximum Gasteiger partial charge on any atom is 0.417 e. The third kappa shape index (κ3) is 4.22. The van der Waals surface area contributed by atoms with Gasteiger partial charge in [0.15, 0.2) is 0 Å². The lowest BCUT2D eigenvalue weighted by atomic mass is 10.1. The van der Waals surface area contributed by atoms with Crippen molar-refractivity contribution in [2.45, 2.75) is 25.1 Å². The summed E-state index contributed by atoms with van der Waals surface area (Å²) in [5, 5.41) is 4.67. The van der Waals surface area contributed by atoms with Gasteiger partial charge in [0.1, 0.15) is 0 Å². The summed E-state index contributed by atoms with van der Waals surface area (Å²) in [6, 6.07) is 8.84. The first-order valence-electron chi connectivity index (χ1n) is 8.18. The van der Waals surface area contributed by atoms with Crippen LogP contribution in [0.25, 0.3) is 0 Å². The molecule has 134 valence electrons. The summed E-state index contributed by atoms with van der Waals surface area (Å²) in [4.78, 5) is 15.8. The Morgan fingerprint density at radius 1 is 1.16 bits per heavy atom. The molecule has 1 aromatic heterocycles. The average molecular weight is 368 g/mol. The third-order valence-corrected chi connectivity index (χ3v) is 5.36. The summed E-state index contributed by atoms with van der Waals surface area (Å²) in [7, 11) is 0. The van der Waals surface area contributed by atoms with Crippen molar-refractivity contribution >= 4 is 17.2 Å². The number of carbonyl (C=O) groups excluding carboxylic acids is 1. The van der Waals surface area contributed by atoms with E-state index in [9.17, 15) is 18.0 Å². The number of halogens is 3. The number of alkyl halides is 3. The zero-order valence-corrected chi connectivity index (χ0v) is 14.4. The zero-order chi connectivity index (χ0) is 17.9. The third-order valence-electron chi connectivity index (χ3n) is 4.39. The summed E-state index contributed by atoms with van der Waals surface area (Å²) in [5.41, 5.74) is -1.23. The van der Waals surface area contributed by atoms with Crippen LogP contribution in [0.5, 0.6) is 0 Å². The van der Waals surface area contributed by atoms with Gasteiger partial charge in [0.05, 0.1) is 17.2 Å². The number of thiophene rings is 1. The molecule has 7 heteroatoms. The van der Waals surface area contributed by atoms with Gasteiger partial charge in [-0.3, -0.25) is 9.69 Å². The number of nitrogens with one attached hydrogen (secondary N) is 1. The highest BCUT2D eigenvalue weighted by Gasteiger charge is 2.35. The van der Waals surface area contributed by atoms with E-state index < -0.39 is 17.6 Å². The lowest BCUT2D eigenvalue weighted by molar-refractivity contribution is -0.137. The van der Waals surface area contributed by atoms with E-state index >= 15 is 0 Å². The SMILES string of the molecule is O=C(NCC(c1cccs1)N1CCCC1)c1ccccc1C(F)(F)F. The number of hydrogen-bond acceptors (Lipinski definition) is 3. The Labute approximate surface area is 148 Å². The van der Waals surface area contributed by atoms with E-state index in [0.717, 1.165) is 36.9 Å². The Balaban J connectivity index is 1.74. The molecular weight excluding hydrogens is 349 g/mol. The number of hydrogen-bond donors (Lipinski definition) is 1. The molecule has 0 saturated carbocycles. The Bertz CT molecular complexity index is 709. The van der Waals surface area contributed by atoms with E-state index in [0.29, 0.717) is 6.54 Å². The second kappa shape index (κ2) is 7.58. The number of amides is 1. The van der Waals surface area contributed by atoms with Crippen LogP contribution in [0.3, 0.4) is 0 Å². The first kappa shape index (κ1) is 17.9. The summed E-state index contributed by atoms with van der Waals surface area (Å²) >= 11 is 1.60. The fourth-order valence-corrected chi connectivity index (χ4v) is 4.02. The molecule has 1 amide bonds. The Kier molecular flexibility index (Phi) is 5.44. The highest BCUT2D eigenvalue weighted by atomic mass is 32.1. The highest BCUT2D eigenvalue weighted by Crippen LogP contribution is 2.32. The summed E-state index contributed by atoms with van der Waals surface area (Å²) in [6.07, 6.45) is -2.34. The zero-order valence-electron chi connectivity index (χ0n) is 13.6. The number of rotatable bonds is 5. The molecule has 2 aromatic rings. The van der Waals surface area contributed by atoms with Crippen LogP contribution in [0.1, 0.15) is 39.7 Å². The van der Waals surface area contributed by atoms with E-state index in [1.54, 1.807) is 11.3 Å². The van der Waals surface area contributed by atoms with Crippen molar-refractivity contribution in [2.75, 3.05) is 19.6 Å². The smallest absolute Gasteiger partial charge is 0.350 e. The van der Waals surface area contributed by atoms with Gasteiger partial charge in [0, 0.05) is 11.4 Å². The molecule has 25 heavy (non-hydrogen) atoms. The lowest BCUT2D eigenvalue weighted by Gasteiger charge is -2.27. The van der Waals surface area contributed by atoms with Crippen molar-refractivity contribution in [2.24, 2.45) is 0 Å². The van der Waals surface area contributed by atoms with Crippen LogP contribution >= 0.6 is 11.3 Å². The van der Waals surface area contributed by atoms with Gasteiger partial charge in [-0.2, -0.15) is 13.2 Å². The molecule has 0 radical (unpaired) electrons. The predicted molar refractivity (Wildman–Crippen MR) is 91.6 cm³/mol. The summed E-state index contributed by atoms with van der Waals surface area (Å²) in [6.45, 7) is 2.18. The molecule has 1 aromatic carbocycles. The van der Waals surface area contributed by atoms with Crippen LogP contribution < -0.4 is 5.32 Å². The normalized spacial score (nSPS) is 16.8. The van der Waals surface area contributed by atoms with Crippen LogP contribution in [0, 0.1) is 0 Å². The van der Waals surface area contributed by atoms with Gasteiger partial charge >= 0.3 is 6.18 Å². The largest absolute Gasteiger partial charge is 0.417 e. The van der Waals surface area contributed by atoms with Crippen molar-refractivity contribution in [1.82, 2.24) is 10.2 Å². The summed E-state index contributed by atoms with van der Waals surface area (Å²) < 4.78 is 39.3. The van der Waals surface area contributed by atoms with Gasteiger partial charge in [0.25, 0.3) is 5.91 Å². The number of carbonyl (C=O) groups is 1. The topological polar surface area (TPSA) is 32.3 Å². The van der Waals surface area contributed by atoms with Crippen molar-refractivity contribution < 1.29 is 18.0 Å². The van der Waals surface area contributed by atoms with Gasteiger partial charge in [-0.15, -0.1) is 11.3 Å². The number of nitrogens with zero attached hydrogens (tertiary/aromatic N) is 1. The molecule has 0 aliphatic carbocycles. The standard InChI is InChI=1S/C18H19F3N2OS/c19-18(20,21)14-7-2-1-6-13(14)17(24)22-12-15(16-8-5-11-25-16)23-9-3-4-10-23/h1-2,5-8,11,15H,3-4,9-10,12H2,(H,22,24). The molecule has 0 bridgehead atoms. The fourth-order valence-electron chi connectivity index (χ4n) is 3.16. The van der Waals surface area contributed by atoms with Crippen LogP contribution in [0.15, 0.2) is 41.8 Å². The minimum absolute atomic E-state index is 0.00417. The van der Waals surface area contributed by atoms with Gasteiger partial charge in [-0.05, 0) is 49.5 Å². The molecule has 1 fully saturated rings. The first-order valence-corrected chi connectivity index (χ1v) is 9.06. The molecule has 1 aliphatic heterocycles. The minimum Gasteiger partial charge on any atom is -0.350 e. The van der Waals surface area contributed by atoms with Crippen LogP contribution in [0.2, 0.25) is 0 Å². The quantitative estimate of drug-likeness (QED) is 0.852. The molecule has 3 nitrogen and oxygen atoms in total. The van der Waals surface area contributed by atoms with Crippen LogP contribution in [-0.4, -0.2) is 30.4 Å². The monoisotopic (exact) mass is 368 g/mol. The molecule has 1 aliphatic rings. The second-order valence-corrected chi connectivity index (χ2v) is 7.01. The Hall–Kier alpha value is -1.86. The van der Waals surface area contributed by atoms with E-state index in [4.69, 9.17) is 0 Å². The highest BCUT2D eigenvalue weighted by molar-refractivity contribution is 7.10. The van der Waals surface area contributed by atoms with Gasteiger partial charge in [-0.25, -0.2) is 0 Å². The Morgan fingerprint density at radius 2 is 1.88 bits per heavy atom. The predicted octanol–water partition coefficient (Wildman–Crippen LogP) is 4.33. The second-order valence-electron chi connectivity index (χ2n) is 6.03. The minimum atomic E-state index is -4.55. The van der Waals surface area contributed by atoms with E-state index in [-0.39, 0.29) is 11.6 Å². The van der Waals surface area contributed by atoms with Crippen molar-refractivity contribution in [3.63, 3.8) is 0 Å². The van der Waals surface area contributed by atoms with Crippen molar-refractivity contribution in [3.8, 4) is 0 Å². The van der Waals surface area contributed by atoms with Crippen molar-refractivity contribution in [1.29, 1.82) is 0 Å². The number of likely N-dealkylation sites (tertiary alicyclic amines) is 1. The number of benzene rings is 1. The molecule has 2 heterocycles. The molecule has 1 atom stereocenters. The average Bonchev–Trinajstić information content (AvgIpc) is 3.28. The molecule has 0 spiro atoms. The van der Waals surface area contributed by atoms with E-state index in [1.807, 2.05) is 17.5 Å². The molecule has 3 rings (SSSR count). The fraction of sp³-hybridized carbons (Fsp3) is 0.389. The van der Waals surface area contributed by atoms with Gasteiger partial charge in [0.2, 0.25) is 0 Å². The molecule has 1 saturated heterocycles. The van der Waals surface area contributed by atoms with Crippen LogP contribution in [0.4, 0.5) is 13.2 Å². The molecule has 1 unspecified atom stereocenters. The maximum absolute atomic E-state index is 13.1. The molecular formula is C18H19F3N2OS. The van der Waals surface area contributed by atoms with Crippen LogP contribution in [-0.2, 0) is 6.18 Å². The summed E-state index contributed by atoms with van der Waals surface area (Å²) in [5.74, 6) is -0.686. The maximum atomic E-state index is 13.1. The first-order chi connectivity index (χ1) is 12.0.